The van der Waals surface area contributed by atoms with Crippen molar-refractivity contribution in [3.63, 3.8) is 0 Å². The number of carbonyl (C=O) groups excluding carboxylic acids is 1. The minimum absolute atomic E-state index is 0.269. The van der Waals surface area contributed by atoms with Crippen molar-refractivity contribution >= 4 is 38.9 Å². The zero-order valence-corrected chi connectivity index (χ0v) is 10.9. The Morgan fingerprint density at radius 1 is 1.50 bits per heavy atom. The van der Waals surface area contributed by atoms with E-state index in [-0.39, 0.29) is 12.6 Å². The Morgan fingerprint density at radius 3 is 2.50 bits per heavy atom. The highest BCUT2D eigenvalue weighted by atomic mass is 127. The van der Waals surface area contributed by atoms with Crippen molar-refractivity contribution in [2.75, 3.05) is 11.0 Å². The summed E-state index contributed by atoms with van der Waals surface area (Å²) in [5, 5.41) is 0. The second-order valence-corrected chi connectivity index (χ2v) is 5.22. The molecule has 0 aromatic heterocycles. The summed E-state index contributed by atoms with van der Waals surface area (Å²) < 4.78 is 31.2. The van der Waals surface area contributed by atoms with E-state index in [0.29, 0.717) is 4.43 Å². The normalized spacial score (nSPS) is 11.4. The first-order valence-corrected chi connectivity index (χ1v) is 6.92. The van der Waals surface area contributed by atoms with Gasteiger partial charge in [-0.1, -0.05) is 22.6 Å². The summed E-state index contributed by atoms with van der Waals surface area (Å²) in [6.07, 6.45) is -1.32. The zero-order valence-electron chi connectivity index (χ0n) is 7.91. The molecule has 0 radical (unpaired) electrons. The van der Waals surface area contributed by atoms with Crippen LogP contribution in [-0.4, -0.2) is 31.6 Å². The fraction of sp³-hybridized carbons (Fsp3) is 0.833. The highest BCUT2D eigenvalue weighted by Crippen LogP contribution is 1.90. The van der Waals surface area contributed by atoms with Gasteiger partial charge < -0.3 is 4.74 Å². The van der Waals surface area contributed by atoms with E-state index in [1.54, 1.807) is 18.6 Å². The first-order chi connectivity index (χ1) is 6.37. The molecule has 84 valence electrons. The van der Waals surface area contributed by atoms with Gasteiger partial charge in [-0.2, -0.15) is 13.1 Å². The number of ether oxygens (including phenoxy) is 1. The predicted molar refractivity (Wildman–Crippen MR) is 60.6 cm³/mol. The van der Waals surface area contributed by atoms with Crippen molar-refractivity contribution in [2.45, 2.75) is 20.0 Å². The molecular formula is C6H13IN2O4S. The van der Waals surface area contributed by atoms with Gasteiger partial charge in [0.15, 0.2) is 0 Å². The molecule has 0 aromatic rings. The number of hydrogen-bond donors (Lipinski definition) is 2. The number of carbonyl (C=O) groups is 1. The van der Waals surface area contributed by atoms with Crippen molar-refractivity contribution < 1.29 is 17.9 Å². The second kappa shape index (κ2) is 6.40. The Morgan fingerprint density at radius 2 is 2.07 bits per heavy atom. The summed E-state index contributed by atoms with van der Waals surface area (Å²) in [5.41, 5.74) is 0. The lowest BCUT2D eigenvalue weighted by Crippen LogP contribution is -2.41. The van der Waals surface area contributed by atoms with Crippen molar-refractivity contribution in [1.82, 2.24) is 9.44 Å². The third-order valence-corrected chi connectivity index (χ3v) is 2.51. The zero-order chi connectivity index (χ0) is 11.2. The molecule has 8 heteroatoms. The van der Waals surface area contributed by atoms with Crippen LogP contribution in [0.4, 0.5) is 4.79 Å². The van der Waals surface area contributed by atoms with Gasteiger partial charge in [0.1, 0.15) is 0 Å². The monoisotopic (exact) mass is 336 g/mol. The van der Waals surface area contributed by atoms with Gasteiger partial charge in [0.25, 0.3) is 0 Å². The van der Waals surface area contributed by atoms with E-state index in [0.717, 1.165) is 0 Å². The lowest BCUT2D eigenvalue weighted by Gasteiger charge is -2.09. The highest BCUT2D eigenvalue weighted by molar-refractivity contribution is 14.1. The van der Waals surface area contributed by atoms with Crippen LogP contribution in [0.2, 0.25) is 0 Å². The van der Waals surface area contributed by atoms with Gasteiger partial charge in [-0.25, -0.2) is 9.52 Å². The Hall–Kier alpha value is -0.0900. The van der Waals surface area contributed by atoms with Gasteiger partial charge in [-0.3, -0.25) is 0 Å². The molecule has 14 heavy (non-hydrogen) atoms. The van der Waals surface area contributed by atoms with Crippen molar-refractivity contribution in [3.05, 3.63) is 0 Å². The molecule has 6 nitrogen and oxygen atoms in total. The molecule has 1 amide bonds. The fourth-order valence-corrected chi connectivity index (χ4v) is 1.90. The minimum atomic E-state index is -3.77. The van der Waals surface area contributed by atoms with Gasteiger partial charge in [0.2, 0.25) is 0 Å². The van der Waals surface area contributed by atoms with Crippen molar-refractivity contribution in [1.29, 1.82) is 0 Å². The van der Waals surface area contributed by atoms with Crippen LogP contribution in [-0.2, 0) is 14.9 Å². The van der Waals surface area contributed by atoms with Crippen LogP contribution in [0, 0.1) is 0 Å². The first kappa shape index (κ1) is 13.9. The quantitative estimate of drug-likeness (QED) is 0.562. The van der Waals surface area contributed by atoms with E-state index >= 15 is 0 Å². The number of nitrogens with one attached hydrogen (secondary N) is 2. The summed E-state index contributed by atoms with van der Waals surface area (Å²) in [6, 6.07) is 0. The Labute approximate surface area is 97.1 Å². The fourth-order valence-electron chi connectivity index (χ4n) is 0.557. The summed E-state index contributed by atoms with van der Waals surface area (Å²) in [6.45, 7) is 3.53. The Bertz CT molecular complexity index is 278. The van der Waals surface area contributed by atoms with E-state index in [1.807, 2.05) is 22.6 Å². The molecule has 0 fully saturated rings. The highest BCUT2D eigenvalue weighted by Gasteiger charge is 2.14. The van der Waals surface area contributed by atoms with Crippen LogP contribution >= 0.6 is 22.6 Å². The number of alkyl halides is 1. The minimum Gasteiger partial charge on any atom is -0.446 e. The molecule has 0 aliphatic rings. The van der Waals surface area contributed by atoms with Gasteiger partial charge in [0, 0.05) is 11.0 Å². The van der Waals surface area contributed by atoms with Crippen LogP contribution in [0.25, 0.3) is 0 Å². The number of hydrogen-bond acceptors (Lipinski definition) is 4. The third kappa shape index (κ3) is 7.33. The van der Waals surface area contributed by atoms with Crippen molar-refractivity contribution in [2.24, 2.45) is 0 Å². The standard InChI is InChI=1S/C6H13IN2O4S/c1-5(2)13-6(10)9-14(11,12)8-4-3-7/h5,8H,3-4H2,1-2H3,(H,9,10). The molecule has 0 aliphatic heterocycles. The largest absolute Gasteiger partial charge is 0.446 e. The van der Waals surface area contributed by atoms with Gasteiger partial charge in [-0.15, -0.1) is 0 Å². The van der Waals surface area contributed by atoms with Crippen molar-refractivity contribution in [3.8, 4) is 0 Å². The molecule has 0 heterocycles. The summed E-state index contributed by atoms with van der Waals surface area (Å²) in [7, 11) is -3.77. The lowest BCUT2D eigenvalue weighted by atomic mass is 10.5. The molecule has 0 unspecified atom stereocenters. The summed E-state index contributed by atoms with van der Waals surface area (Å²) in [5.74, 6) is 0. The molecule has 0 aliphatic carbocycles. The van der Waals surface area contributed by atoms with E-state index in [4.69, 9.17) is 0 Å². The molecule has 0 saturated carbocycles. The number of amides is 1. The molecular weight excluding hydrogens is 323 g/mol. The second-order valence-electron chi connectivity index (χ2n) is 2.64. The van der Waals surface area contributed by atoms with Gasteiger partial charge >= 0.3 is 16.3 Å². The van der Waals surface area contributed by atoms with Gasteiger partial charge in [-0.05, 0) is 13.8 Å². The maximum Gasteiger partial charge on any atom is 0.422 e. The van der Waals surface area contributed by atoms with Gasteiger partial charge in [0.05, 0.1) is 6.10 Å². The maximum absolute atomic E-state index is 11.1. The smallest absolute Gasteiger partial charge is 0.422 e. The number of halogens is 1. The van der Waals surface area contributed by atoms with Crippen LogP contribution in [0.15, 0.2) is 0 Å². The molecule has 0 bridgehead atoms. The Balaban J connectivity index is 4.03. The molecule has 0 saturated heterocycles. The van der Waals surface area contributed by atoms with Crippen LogP contribution in [0.1, 0.15) is 13.8 Å². The van der Waals surface area contributed by atoms with Crippen LogP contribution < -0.4 is 9.44 Å². The summed E-state index contributed by atoms with van der Waals surface area (Å²) in [4.78, 5) is 10.9. The van der Waals surface area contributed by atoms with E-state index < -0.39 is 16.3 Å². The van der Waals surface area contributed by atoms with E-state index in [2.05, 4.69) is 9.46 Å². The maximum atomic E-state index is 11.1. The molecule has 0 spiro atoms. The Kier molecular flexibility index (Phi) is 6.36. The topological polar surface area (TPSA) is 84.5 Å². The first-order valence-electron chi connectivity index (χ1n) is 3.91. The lowest BCUT2D eigenvalue weighted by molar-refractivity contribution is 0.121. The molecule has 0 rings (SSSR count). The summed E-state index contributed by atoms with van der Waals surface area (Å²) >= 11 is 2.01. The molecule has 2 N–H and O–H groups in total. The average molecular weight is 336 g/mol. The van der Waals surface area contributed by atoms with Crippen LogP contribution in [0.3, 0.4) is 0 Å². The van der Waals surface area contributed by atoms with Crippen LogP contribution in [0.5, 0.6) is 0 Å². The average Bonchev–Trinajstić information content (AvgIpc) is 1.98. The van der Waals surface area contributed by atoms with E-state index in [9.17, 15) is 13.2 Å². The number of rotatable bonds is 5. The molecule has 0 aromatic carbocycles. The SMILES string of the molecule is CC(C)OC(=O)NS(=O)(=O)NCCI. The van der Waals surface area contributed by atoms with E-state index in [1.165, 1.54) is 0 Å². The molecule has 0 atom stereocenters. The third-order valence-electron chi connectivity index (χ3n) is 0.947. The predicted octanol–water partition coefficient (Wildman–Crippen LogP) is 0.390.